The molecule has 3 heterocycles. The molecule has 5 rings (SSSR count). The largest absolute Gasteiger partial charge is 0.416 e. The molecule has 13 heteroatoms. The number of amides is 1. The van der Waals surface area contributed by atoms with E-state index in [0.717, 1.165) is 12.1 Å². The van der Waals surface area contributed by atoms with Gasteiger partial charge in [-0.25, -0.2) is 9.67 Å². The SMILES string of the molecule is COC(CN(C)C(=O)c1cccc(-n2[nH]c3c(c(-c4cccc(C(F)(F)F)c4)nc4c3cnn4C)c2=O)c1)OC. The molecule has 0 radical (unpaired) electrons. The highest BCUT2D eigenvalue weighted by atomic mass is 19.4. The Morgan fingerprint density at radius 1 is 1.12 bits per heavy atom. The lowest BCUT2D eigenvalue weighted by Crippen LogP contribution is -2.36. The van der Waals surface area contributed by atoms with Gasteiger partial charge in [0, 0.05) is 39.4 Å². The van der Waals surface area contributed by atoms with Crippen molar-refractivity contribution in [3.05, 3.63) is 76.2 Å². The third kappa shape index (κ3) is 4.73. The van der Waals surface area contributed by atoms with E-state index in [1.807, 2.05) is 0 Å². The standard InChI is InChI=1S/C27H25F3N6O4/c1-34(14-20(39-3)40-4)25(37)16-8-6-10-18(12-16)36-26(38)21-22(15-7-5-9-17(11-15)27(28,29)30)32-24-19(23(21)33-36)13-31-35(24)2/h5-13,20,33H,14H2,1-4H3. The van der Waals surface area contributed by atoms with Gasteiger partial charge in [0.1, 0.15) is 0 Å². The predicted molar refractivity (Wildman–Crippen MR) is 141 cm³/mol. The van der Waals surface area contributed by atoms with Crippen LogP contribution in [0, 0.1) is 0 Å². The number of carbonyl (C=O) groups is 1. The number of likely N-dealkylation sites (N-methyl/N-ethyl adjacent to an activating group) is 1. The van der Waals surface area contributed by atoms with E-state index in [2.05, 4.69) is 15.2 Å². The number of aromatic amines is 1. The fourth-order valence-corrected chi connectivity index (χ4v) is 4.54. The molecule has 40 heavy (non-hydrogen) atoms. The second kappa shape index (κ2) is 10.2. The molecular weight excluding hydrogens is 529 g/mol. The van der Waals surface area contributed by atoms with E-state index < -0.39 is 23.6 Å². The first-order chi connectivity index (χ1) is 19.0. The third-order valence-corrected chi connectivity index (χ3v) is 6.63. The molecule has 208 valence electrons. The van der Waals surface area contributed by atoms with Crippen LogP contribution in [0.2, 0.25) is 0 Å². The van der Waals surface area contributed by atoms with Crippen LogP contribution in [-0.2, 0) is 22.7 Å². The van der Waals surface area contributed by atoms with Crippen molar-refractivity contribution in [1.82, 2.24) is 29.4 Å². The van der Waals surface area contributed by atoms with Crippen molar-refractivity contribution in [2.45, 2.75) is 12.5 Å². The molecule has 0 saturated heterocycles. The first kappa shape index (κ1) is 27.1. The highest BCUT2D eigenvalue weighted by molar-refractivity contribution is 6.07. The second-order valence-corrected chi connectivity index (χ2v) is 9.18. The molecule has 0 fully saturated rings. The number of hydrogen-bond donors (Lipinski definition) is 1. The van der Waals surface area contributed by atoms with Gasteiger partial charge >= 0.3 is 6.18 Å². The number of benzene rings is 2. The molecule has 0 spiro atoms. The molecule has 0 aliphatic heterocycles. The Morgan fingerprint density at radius 3 is 2.55 bits per heavy atom. The number of nitrogens with zero attached hydrogens (tertiary/aromatic N) is 5. The van der Waals surface area contributed by atoms with Crippen molar-refractivity contribution in [3.8, 4) is 16.9 Å². The lowest BCUT2D eigenvalue weighted by molar-refractivity contribution is -0.137. The normalized spacial score (nSPS) is 12.1. The maximum absolute atomic E-state index is 13.8. The summed E-state index contributed by atoms with van der Waals surface area (Å²) in [5, 5.41) is 7.89. The third-order valence-electron chi connectivity index (χ3n) is 6.63. The summed E-state index contributed by atoms with van der Waals surface area (Å²) in [4.78, 5) is 32.9. The van der Waals surface area contributed by atoms with Crippen molar-refractivity contribution >= 4 is 27.8 Å². The van der Waals surface area contributed by atoms with Gasteiger partial charge in [-0.3, -0.25) is 19.4 Å². The number of methoxy groups -OCH3 is 2. The van der Waals surface area contributed by atoms with E-state index in [4.69, 9.17) is 9.47 Å². The quantitative estimate of drug-likeness (QED) is 0.305. The van der Waals surface area contributed by atoms with Crippen LogP contribution < -0.4 is 5.56 Å². The van der Waals surface area contributed by atoms with Crippen LogP contribution >= 0.6 is 0 Å². The number of alkyl halides is 3. The van der Waals surface area contributed by atoms with E-state index in [1.54, 1.807) is 38.4 Å². The molecule has 0 bridgehead atoms. The highest BCUT2D eigenvalue weighted by Crippen LogP contribution is 2.34. The number of hydrogen-bond acceptors (Lipinski definition) is 6. The van der Waals surface area contributed by atoms with Gasteiger partial charge in [-0.2, -0.15) is 18.3 Å². The van der Waals surface area contributed by atoms with Gasteiger partial charge in [-0.1, -0.05) is 18.2 Å². The molecular formula is C27H25F3N6O4. The van der Waals surface area contributed by atoms with Crippen molar-refractivity contribution in [3.63, 3.8) is 0 Å². The number of halogens is 3. The fraction of sp³-hybridized carbons (Fsp3) is 0.259. The summed E-state index contributed by atoms with van der Waals surface area (Å²) in [6.07, 6.45) is -3.66. The van der Waals surface area contributed by atoms with Gasteiger partial charge in [-0.15, -0.1) is 0 Å². The maximum Gasteiger partial charge on any atom is 0.416 e. The van der Waals surface area contributed by atoms with Crippen LogP contribution in [0.3, 0.4) is 0 Å². The lowest BCUT2D eigenvalue weighted by atomic mass is 10.0. The first-order valence-electron chi connectivity index (χ1n) is 12.1. The lowest BCUT2D eigenvalue weighted by Gasteiger charge is -2.22. The van der Waals surface area contributed by atoms with E-state index in [-0.39, 0.29) is 29.1 Å². The van der Waals surface area contributed by atoms with Gasteiger partial charge in [0.2, 0.25) is 0 Å². The maximum atomic E-state index is 13.8. The van der Waals surface area contributed by atoms with Crippen molar-refractivity contribution in [2.75, 3.05) is 27.8 Å². The first-order valence-corrected chi connectivity index (χ1v) is 12.1. The van der Waals surface area contributed by atoms with Crippen molar-refractivity contribution in [2.24, 2.45) is 7.05 Å². The van der Waals surface area contributed by atoms with Crippen molar-refractivity contribution in [1.29, 1.82) is 0 Å². The molecule has 1 amide bonds. The van der Waals surface area contributed by atoms with E-state index in [0.29, 0.717) is 27.8 Å². The number of rotatable bonds is 7. The molecule has 5 aromatic rings. The van der Waals surface area contributed by atoms with Crippen LogP contribution in [-0.4, -0.2) is 69.5 Å². The Labute approximate surface area is 225 Å². The van der Waals surface area contributed by atoms with Gasteiger partial charge in [0.15, 0.2) is 11.9 Å². The zero-order chi connectivity index (χ0) is 28.8. The minimum atomic E-state index is -4.57. The van der Waals surface area contributed by atoms with Crippen LogP contribution in [0.15, 0.2) is 59.5 Å². The topological polar surface area (TPSA) is 107 Å². The number of fused-ring (bicyclic) bond motifs is 3. The summed E-state index contributed by atoms with van der Waals surface area (Å²) < 4.78 is 53.5. The summed E-state index contributed by atoms with van der Waals surface area (Å²) in [6.45, 7) is 0.174. The number of aromatic nitrogens is 5. The average Bonchev–Trinajstić information content (AvgIpc) is 3.50. The molecule has 0 atom stereocenters. The van der Waals surface area contributed by atoms with E-state index >= 15 is 0 Å². The molecule has 0 aliphatic carbocycles. The van der Waals surface area contributed by atoms with Gasteiger partial charge in [0.05, 0.1) is 46.0 Å². The summed E-state index contributed by atoms with van der Waals surface area (Å²) >= 11 is 0. The van der Waals surface area contributed by atoms with Crippen LogP contribution in [0.4, 0.5) is 13.2 Å². The van der Waals surface area contributed by atoms with E-state index in [9.17, 15) is 22.8 Å². The summed E-state index contributed by atoms with van der Waals surface area (Å²) in [5.74, 6) is -0.328. The molecule has 1 N–H and O–H groups in total. The number of pyridine rings is 1. The van der Waals surface area contributed by atoms with Gasteiger partial charge in [0.25, 0.3) is 11.5 Å². The Morgan fingerprint density at radius 2 is 1.85 bits per heavy atom. The molecule has 0 aliphatic rings. The number of ether oxygens (including phenoxy) is 2. The fourth-order valence-electron chi connectivity index (χ4n) is 4.54. The Kier molecular flexibility index (Phi) is 6.94. The predicted octanol–water partition coefficient (Wildman–Crippen LogP) is 3.98. The Hall–Kier alpha value is -4.49. The zero-order valence-corrected chi connectivity index (χ0v) is 22.0. The monoisotopic (exact) mass is 554 g/mol. The molecule has 2 aromatic carbocycles. The molecule has 10 nitrogen and oxygen atoms in total. The zero-order valence-electron chi connectivity index (χ0n) is 22.0. The smallest absolute Gasteiger partial charge is 0.354 e. The average molecular weight is 555 g/mol. The van der Waals surface area contributed by atoms with Crippen LogP contribution in [0.25, 0.3) is 38.9 Å². The summed E-state index contributed by atoms with van der Waals surface area (Å²) in [7, 11) is 6.19. The number of aryl methyl sites for hydroxylation is 1. The summed E-state index contributed by atoms with van der Waals surface area (Å²) in [5.41, 5.74) is 0.189. The van der Waals surface area contributed by atoms with Gasteiger partial charge in [-0.05, 0) is 30.3 Å². The van der Waals surface area contributed by atoms with Crippen LogP contribution in [0.1, 0.15) is 15.9 Å². The van der Waals surface area contributed by atoms with Gasteiger partial charge < -0.3 is 14.4 Å². The molecule has 0 unspecified atom stereocenters. The number of nitrogens with one attached hydrogen (secondary N) is 1. The minimum absolute atomic E-state index is 0.0781. The molecule has 3 aromatic heterocycles. The number of H-pyrrole nitrogens is 1. The Bertz CT molecular complexity index is 1790. The molecule has 0 saturated carbocycles. The second-order valence-electron chi connectivity index (χ2n) is 9.18. The minimum Gasteiger partial charge on any atom is -0.354 e. The van der Waals surface area contributed by atoms with Crippen LogP contribution in [0.5, 0.6) is 0 Å². The Balaban J connectivity index is 1.67. The highest BCUT2D eigenvalue weighted by Gasteiger charge is 2.31. The van der Waals surface area contributed by atoms with E-state index in [1.165, 1.54) is 46.8 Å². The number of carbonyl (C=O) groups excluding carboxylic acids is 1. The summed E-state index contributed by atoms with van der Waals surface area (Å²) in [6, 6.07) is 11.1. The van der Waals surface area contributed by atoms with Crippen molar-refractivity contribution < 1.29 is 27.4 Å².